The van der Waals surface area contributed by atoms with Crippen LogP contribution in [0.4, 0.5) is 0 Å². The third-order valence-electron chi connectivity index (χ3n) is 4.22. The van der Waals surface area contributed by atoms with Crippen LogP contribution in [0, 0.1) is 0 Å². The van der Waals surface area contributed by atoms with Gasteiger partial charge in [-0.05, 0) is 48.1 Å². The first kappa shape index (κ1) is 15.1. The summed E-state index contributed by atoms with van der Waals surface area (Å²) in [5, 5.41) is 0.751. The maximum absolute atomic E-state index is 12.1. The molecule has 1 heterocycles. The lowest BCUT2D eigenvalue weighted by atomic mass is 10.0. The molecule has 22 heavy (non-hydrogen) atoms. The summed E-state index contributed by atoms with van der Waals surface area (Å²) in [6, 6.07) is 16.3. The Morgan fingerprint density at radius 3 is 2.05 bits per heavy atom. The van der Waals surface area contributed by atoms with E-state index in [-0.39, 0.29) is 0 Å². The molecule has 1 fully saturated rings. The molecule has 0 saturated carbocycles. The van der Waals surface area contributed by atoms with Crippen LogP contribution in [0.2, 0.25) is 5.02 Å². The molecule has 0 unspecified atom stereocenters. The number of nitrogens with zero attached hydrogens (tertiary/aromatic N) is 1. The predicted octanol–water partition coefficient (Wildman–Crippen LogP) is 4.56. The van der Waals surface area contributed by atoms with Gasteiger partial charge in [0.25, 0.3) is 0 Å². The van der Waals surface area contributed by atoms with Crippen molar-refractivity contribution in [3.05, 3.63) is 59.1 Å². The van der Waals surface area contributed by atoms with Gasteiger partial charge in [-0.25, -0.2) is 0 Å². The molecule has 2 nitrogen and oxygen atoms in total. The average molecular weight is 314 g/mol. The van der Waals surface area contributed by atoms with E-state index in [1.807, 2.05) is 29.2 Å². The van der Waals surface area contributed by atoms with Gasteiger partial charge in [-0.3, -0.25) is 4.79 Å². The highest BCUT2D eigenvalue weighted by molar-refractivity contribution is 6.30. The summed E-state index contributed by atoms with van der Waals surface area (Å²) < 4.78 is 0. The van der Waals surface area contributed by atoms with Crippen LogP contribution in [-0.2, 0) is 11.2 Å². The summed E-state index contributed by atoms with van der Waals surface area (Å²) >= 11 is 5.91. The highest BCUT2D eigenvalue weighted by Crippen LogP contribution is 2.22. The number of carbonyl (C=O) groups excluding carboxylic acids is 1. The van der Waals surface area contributed by atoms with Crippen molar-refractivity contribution in [2.24, 2.45) is 0 Å². The normalized spacial score (nSPS) is 14.3. The number of benzene rings is 2. The molecule has 114 valence electrons. The van der Waals surface area contributed by atoms with Crippen molar-refractivity contribution in [2.75, 3.05) is 13.1 Å². The van der Waals surface area contributed by atoms with Crippen LogP contribution in [0.1, 0.15) is 24.8 Å². The lowest BCUT2D eigenvalue weighted by molar-refractivity contribution is -0.130. The van der Waals surface area contributed by atoms with E-state index in [2.05, 4.69) is 24.3 Å². The largest absolute Gasteiger partial charge is 0.343 e. The van der Waals surface area contributed by atoms with E-state index in [1.54, 1.807) is 0 Å². The van der Waals surface area contributed by atoms with E-state index in [0.717, 1.165) is 42.9 Å². The fourth-order valence-corrected chi connectivity index (χ4v) is 3.01. The molecule has 1 aliphatic heterocycles. The van der Waals surface area contributed by atoms with Crippen LogP contribution >= 0.6 is 11.6 Å². The Balaban J connectivity index is 1.59. The first-order valence-corrected chi connectivity index (χ1v) is 8.23. The van der Waals surface area contributed by atoms with Crippen molar-refractivity contribution in [1.29, 1.82) is 0 Å². The first-order valence-electron chi connectivity index (χ1n) is 7.85. The minimum Gasteiger partial charge on any atom is -0.343 e. The molecule has 1 aliphatic rings. The van der Waals surface area contributed by atoms with Gasteiger partial charge in [-0.2, -0.15) is 0 Å². The standard InChI is InChI=1S/C19H20ClNO/c20-18-10-8-17(9-11-18)16-6-3-15(4-7-16)5-12-19(22)21-13-1-2-14-21/h3-4,6-11H,1-2,5,12-14H2. The van der Waals surface area contributed by atoms with Crippen molar-refractivity contribution in [2.45, 2.75) is 25.7 Å². The van der Waals surface area contributed by atoms with E-state index in [9.17, 15) is 4.79 Å². The summed E-state index contributed by atoms with van der Waals surface area (Å²) in [6.45, 7) is 1.88. The topological polar surface area (TPSA) is 20.3 Å². The maximum atomic E-state index is 12.1. The smallest absolute Gasteiger partial charge is 0.222 e. The van der Waals surface area contributed by atoms with Crippen LogP contribution in [0.25, 0.3) is 11.1 Å². The Kier molecular flexibility index (Phi) is 4.79. The number of rotatable bonds is 4. The van der Waals surface area contributed by atoms with E-state index >= 15 is 0 Å². The summed E-state index contributed by atoms with van der Waals surface area (Å²) in [5.41, 5.74) is 3.54. The van der Waals surface area contributed by atoms with Gasteiger partial charge in [-0.15, -0.1) is 0 Å². The van der Waals surface area contributed by atoms with Gasteiger partial charge in [-0.1, -0.05) is 48.0 Å². The highest BCUT2D eigenvalue weighted by atomic mass is 35.5. The number of likely N-dealkylation sites (tertiary alicyclic amines) is 1. The van der Waals surface area contributed by atoms with Gasteiger partial charge in [0, 0.05) is 24.5 Å². The summed E-state index contributed by atoms with van der Waals surface area (Å²) in [6.07, 6.45) is 3.74. The molecular weight excluding hydrogens is 294 g/mol. The summed E-state index contributed by atoms with van der Waals surface area (Å²) in [4.78, 5) is 14.0. The number of hydrogen-bond donors (Lipinski definition) is 0. The zero-order valence-corrected chi connectivity index (χ0v) is 13.4. The lowest BCUT2D eigenvalue weighted by Gasteiger charge is -2.15. The lowest BCUT2D eigenvalue weighted by Crippen LogP contribution is -2.27. The molecule has 2 aromatic carbocycles. The van der Waals surface area contributed by atoms with Gasteiger partial charge < -0.3 is 4.90 Å². The molecule has 0 radical (unpaired) electrons. The minimum atomic E-state index is 0.291. The summed E-state index contributed by atoms with van der Waals surface area (Å²) in [5.74, 6) is 0.291. The monoisotopic (exact) mass is 313 g/mol. The zero-order chi connectivity index (χ0) is 15.4. The molecule has 0 spiro atoms. The van der Waals surface area contributed by atoms with Gasteiger partial charge >= 0.3 is 0 Å². The Hall–Kier alpha value is -1.80. The Bertz CT molecular complexity index is 627. The number of halogens is 1. The van der Waals surface area contributed by atoms with Gasteiger partial charge in [0.1, 0.15) is 0 Å². The number of hydrogen-bond acceptors (Lipinski definition) is 1. The fourth-order valence-electron chi connectivity index (χ4n) is 2.88. The predicted molar refractivity (Wildman–Crippen MR) is 91.0 cm³/mol. The number of aryl methyl sites for hydroxylation is 1. The Morgan fingerprint density at radius 1 is 0.909 bits per heavy atom. The SMILES string of the molecule is O=C(CCc1ccc(-c2ccc(Cl)cc2)cc1)N1CCCC1. The van der Waals surface area contributed by atoms with Crippen molar-refractivity contribution in [3.63, 3.8) is 0 Å². The minimum absolute atomic E-state index is 0.291. The first-order chi connectivity index (χ1) is 10.7. The van der Waals surface area contributed by atoms with Crippen LogP contribution in [-0.4, -0.2) is 23.9 Å². The van der Waals surface area contributed by atoms with Gasteiger partial charge in [0.05, 0.1) is 0 Å². The second kappa shape index (κ2) is 6.97. The van der Waals surface area contributed by atoms with Crippen molar-refractivity contribution >= 4 is 17.5 Å². The zero-order valence-electron chi connectivity index (χ0n) is 12.6. The molecule has 0 aromatic heterocycles. The molecule has 1 saturated heterocycles. The molecule has 0 atom stereocenters. The highest BCUT2D eigenvalue weighted by Gasteiger charge is 2.17. The Labute approximate surface area is 136 Å². The van der Waals surface area contributed by atoms with Crippen molar-refractivity contribution in [3.8, 4) is 11.1 Å². The van der Waals surface area contributed by atoms with Gasteiger partial charge in [0.2, 0.25) is 5.91 Å². The molecule has 3 rings (SSSR count). The molecule has 2 aromatic rings. The molecule has 0 N–H and O–H groups in total. The molecule has 0 aliphatic carbocycles. The second-order valence-electron chi connectivity index (χ2n) is 5.79. The van der Waals surface area contributed by atoms with E-state index in [1.165, 1.54) is 11.1 Å². The van der Waals surface area contributed by atoms with E-state index in [4.69, 9.17) is 11.6 Å². The molecule has 0 bridgehead atoms. The number of amides is 1. The average Bonchev–Trinajstić information content (AvgIpc) is 3.08. The summed E-state index contributed by atoms with van der Waals surface area (Å²) in [7, 11) is 0. The van der Waals surface area contributed by atoms with Gasteiger partial charge in [0.15, 0.2) is 0 Å². The third kappa shape index (κ3) is 3.69. The molecule has 1 amide bonds. The fraction of sp³-hybridized carbons (Fsp3) is 0.316. The quantitative estimate of drug-likeness (QED) is 0.810. The van der Waals surface area contributed by atoms with Crippen LogP contribution in [0.15, 0.2) is 48.5 Å². The maximum Gasteiger partial charge on any atom is 0.222 e. The molecular formula is C19H20ClNO. The molecule has 3 heteroatoms. The van der Waals surface area contributed by atoms with Crippen molar-refractivity contribution < 1.29 is 4.79 Å². The third-order valence-corrected chi connectivity index (χ3v) is 4.47. The van der Waals surface area contributed by atoms with E-state index < -0.39 is 0 Å². The van der Waals surface area contributed by atoms with Crippen LogP contribution < -0.4 is 0 Å². The number of carbonyl (C=O) groups is 1. The van der Waals surface area contributed by atoms with E-state index in [0.29, 0.717) is 12.3 Å². The van der Waals surface area contributed by atoms with Crippen molar-refractivity contribution in [1.82, 2.24) is 4.90 Å². The Morgan fingerprint density at radius 2 is 1.45 bits per heavy atom. The second-order valence-corrected chi connectivity index (χ2v) is 6.23. The van der Waals surface area contributed by atoms with Crippen LogP contribution in [0.5, 0.6) is 0 Å². The van der Waals surface area contributed by atoms with Crippen LogP contribution in [0.3, 0.4) is 0 Å².